The van der Waals surface area contributed by atoms with E-state index in [1.165, 1.54) is 51.4 Å². The Morgan fingerprint density at radius 3 is 1.95 bits per heavy atom. The molecule has 0 aliphatic carbocycles. The van der Waals surface area contributed by atoms with Crippen molar-refractivity contribution in [3.8, 4) is 0 Å². The SMILES string of the molecule is CCCCCCCCCCCC(=O)NCCCCCO. The second-order valence-electron chi connectivity index (χ2n) is 5.71. The van der Waals surface area contributed by atoms with Crippen LogP contribution in [-0.2, 0) is 4.79 Å². The quantitative estimate of drug-likeness (QED) is 0.443. The molecule has 2 N–H and O–H groups in total. The highest BCUT2D eigenvalue weighted by Gasteiger charge is 2.00. The molecule has 120 valence electrons. The van der Waals surface area contributed by atoms with Gasteiger partial charge in [-0.05, 0) is 25.7 Å². The number of rotatable bonds is 15. The highest BCUT2D eigenvalue weighted by molar-refractivity contribution is 5.75. The standard InChI is InChI=1S/C17H35NO2/c1-2-3-4-5-6-7-8-9-11-14-17(20)18-15-12-10-13-16-19/h19H,2-16H2,1H3,(H,18,20). The first kappa shape index (κ1) is 19.4. The summed E-state index contributed by atoms with van der Waals surface area (Å²) in [5.41, 5.74) is 0. The smallest absolute Gasteiger partial charge is 0.219 e. The second-order valence-corrected chi connectivity index (χ2v) is 5.71. The van der Waals surface area contributed by atoms with Crippen LogP contribution in [0.3, 0.4) is 0 Å². The molecule has 0 saturated heterocycles. The molecule has 3 heteroatoms. The van der Waals surface area contributed by atoms with Crippen LogP contribution >= 0.6 is 0 Å². The molecule has 0 bridgehead atoms. The largest absolute Gasteiger partial charge is 0.396 e. The molecule has 1 amide bonds. The molecule has 0 fully saturated rings. The topological polar surface area (TPSA) is 49.3 Å². The van der Waals surface area contributed by atoms with E-state index in [-0.39, 0.29) is 12.5 Å². The van der Waals surface area contributed by atoms with Crippen LogP contribution in [-0.4, -0.2) is 24.2 Å². The third-order valence-corrected chi connectivity index (χ3v) is 3.66. The summed E-state index contributed by atoms with van der Waals surface area (Å²) in [6, 6.07) is 0. The van der Waals surface area contributed by atoms with E-state index in [0.29, 0.717) is 6.42 Å². The minimum absolute atomic E-state index is 0.192. The summed E-state index contributed by atoms with van der Waals surface area (Å²) in [6.45, 7) is 3.26. The summed E-state index contributed by atoms with van der Waals surface area (Å²) in [7, 11) is 0. The first-order valence-corrected chi connectivity index (χ1v) is 8.68. The molecular formula is C17H35NO2. The zero-order valence-electron chi connectivity index (χ0n) is 13.5. The van der Waals surface area contributed by atoms with Crippen molar-refractivity contribution in [1.29, 1.82) is 0 Å². The van der Waals surface area contributed by atoms with Gasteiger partial charge in [0, 0.05) is 19.6 Å². The van der Waals surface area contributed by atoms with Crippen molar-refractivity contribution >= 4 is 5.91 Å². The van der Waals surface area contributed by atoms with Crippen molar-refractivity contribution in [2.45, 2.75) is 90.4 Å². The normalized spacial score (nSPS) is 10.7. The van der Waals surface area contributed by atoms with Crippen molar-refractivity contribution in [2.24, 2.45) is 0 Å². The van der Waals surface area contributed by atoms with Crippen LogP contribution < -0.4 is 5.32 Å². The van der Waals surface area contributed by atoms with Gasteiger partial charge in [-0.2, -0.15) is 0 Å². The first-order chi connectivity index (χ1) is 9.81. The van der Waals surface area contributed by atoms with Gasteiger partial charge in [-0.25, -0.2) is 0 Å². The van der Waals surface area contributed by atoms with Gasteiger partial charge in [0.2, 0.25) is 5.91 Å². The molecule has 20 heavy (non-hydrogen) atoms. The van der Waals surface area contributed by atoms with E-state index in [9.17, 15) is 4.79 Å². The van der Waals surface area contributed by atoms with Gasteiger partial charge >= 0.3 is 0 Å². The zero-order chi connectivity index (χ0) is 14.9. The van der Waals surface area contributed by atoms with E-state index in [0.717, 1.165) is 32.2 Å². The summed E-state index contributed by atoms with van der Waals surface area (Å²) in [4.78, 5) is 11.5. The van der Waals surface area contributed by atoms with Gasteiger partial charge in [0.15, 0.2) is 0 Å². The van der Waals surface area contributed by atoms with Crippen molar-refractivity contribution in [3.63, 3.8) is 0 Å². The number of hydrogen-bond donors (Lipinski definition) is 2. The number of aliphatic hydroxyl groups excluding tert-OH is 1. The summed E-state index contributed by atoms with van der Waals surface area (Å²) >= 11 is 0. The molecular weight excluding hydrogens is 250 g/mol. The Morgan fingerprint density at radius 2 is 1.35 bits per heavy atom. The van der Waals surface area contributed by atoms with Crippen LogP contribution in [0.5, 0.6) is 0 Å². The van der Waals surface area contributed by atoms with Crippen LogP contribution in [0.25, 0.3) is 0 Å². The van der Waals surface area contributed by atoms with Gasteiger partial charge in [0.05, 0.1) is 0 Å². The Labute approximate surface area is 125 Å². The minimum Gasteiger partial charge on any atom is -0.396 e. The third-order valence-electron chi connectivity index (χ3n) is 3.66. The molecule has 0 spiro atoms. The van der Waals surface area contributed by atoms with Crippen molar-refractivity contribution < 1.29 is 9.90 Å². The number of aliphatic hydroxyl groups is 1. The molecule has 0 aromatic heterocycles. The van der Waals surface area contributed by atoms with Gasteiger partial charge in [-0.1, -0.05) is 58.3 Å². The number of unbranched alkanes of at least 4 members (excludes halogenated alkanes) is 10. The molecule has 0 rings (SSSR count). The lowest BCUT2D eigenvalue weighted by Crippen LogP contribution is -2.24. The van der Waals surface area contributed by atoms with Crippen molar-refractivity contribution in [3.05, 3.63) is 0 Å². The maximum absolute atomic E-state index is 11.5. The Kier molecular flexibility index (Phi) is 16.0. The van der Waals surface area contributed by atoms with Crippen LogP contribution in [0, 0.1) is 0 Å². The van der Waals surface area contributed by atoms with Crippen LogP contribution in [0.4, 0.5) is 0 Å². The fraction of sp³-hybridized carbons (Fsp3) is 0.941. The molecule has 3 nitrogen and oxygen atoms in total. The van der Waals surface area contributed by atoms with E-state index in [4.69, 9.17) is 5.11 Å². The van der Waals surface area contributed by atoms with Crippen molar-refractivity contribution in [2.75, 3.05) is 13.2 Å². The number of hydrogen-bond acceptors (Lipinski definition) is 2. The molecule has 0 aromatic rings. The maximum Gasteiger partial charge on any atom is 0.219 e. The Morgan fingerprint density at radius 1 is 0.800 bits per heavy atom. The zero-order valence-corrected chi connectivity index (χ0v) is 13.5. The maximum atomic E-state index is 11.5. The minimum atomic E-state index is 0.192. The van der Waals surface area contributed by atoms with Gasteiger partial charge in [0.1, 0.15) is 0 Å². The molecule has 0 atom stereocenters. The summed E-state index contributed by atoms with van der Waals surface area (Å²) in [6.07, 6.45) is 15.1. The number of nitrogens with one attached hydrogen (secondary N) is 1. The average molecular weight is 285 g/mol. The number of carbonyl (C=O) groups is 1. The van der Waals surface area contributed by atoms with E-state index in [2.05, 4.69) is 12.2 Å². The molecule has 0 saturated carbocycles. The van der Waals surface area contributed by atoms with E-state index in [1.807, 2.05) is 0 Å². The molecule has 0 unspecified atom stereocenters. The van der Waals surface area contributed by atoms with Crippen LogP contribution in [0.1, 0.15) is 90.4 Å². The van der Waals surface area contributed by atoms with Gasteiger partial charge in [0.25, 0.3) is 0 Å². The Hall–Kier alpha value is -0.570. The lowest BCUT2D eigenvalue weighted by Gasteiger charge is -2.05. The van der Waals surface area contributed by atoms with E-state index < -0.39 is 0 Å². The molecule has 0 aliphatic rings. The monoisotopic (exact) mass is 285 g/mol. The lowest BCUT2D eigenvalue weighted by atomic mass is 10.1. The molecule has 0 heterocycles. The van der Waals surface area contributed by atoms with Gasteiger partial charge < -0.3 is 10.4 Å². The highest BCUT2D eigenvalue weighted by Crippen LogP contribution is 2.10. The average Bonchev–Trinajstić information content (AvgIpc) is 2.45. The fourth-order valence-electron chi connectivity index (χ4n) is 2.33. The van der Waals surface area contributed by atoms with E-state index in [1.54, 1.807) is 0 Å². The third kappa shape index (κ3) is 15.5. The Bertz CT molecular complexity index is 207. The molecule has 0 aliphatic heterocycles. The predicted molar refractivity (Wildman–Crippen MR) is 85.8 cm³/mol. The Balaban J connectivity index is 3.11. The molecule has 0 radical (unpaired) electrons. The number of carbonyl (C=O) groups excluding carboxylic acids is 1. The highest BCUT2D eigenvalue weighted by atomic mass is 16.2. The van der Waals surface area contributed by atoms with Crippen molar-refractivity contribution in [1.82, 2.24) is 5.32 Å². The second kappa shape index (κ2) is 16.5. The van der Waals surface area contributed by atoms with E-state index >= 15 is 0 Å². The van der Waals surface area contributed by atoms with Crippen LogP contribution in [0.15, 0.2) is 0 Å². The number of amides is 1. The summed E-state index contributed by atoms with van der Waals surface area (Å²) in [5, 5.41) is 11.6. The van der Waals surface area contributed by atoms with Gasteiger partial charge in [-0.15, -0.1) is 0 Å². The van der Waals surface area contributed by atoms with Crippen LogP contribution in [0.2, 0.25) is 0 Å². The first-order valence-electron chi connectivity index (χ1n) is 8.68. The summed E-state index contributed by atoms with van der Waals surface area (Å²) < 4.78 is 0. The summed E-state index contributed by atoms with van der Waals surface area (Å²) in [5.74, 6) is 0.192. The fourth-order valence-corrected chi connectivity index (χ4v) is 2.33. The predicted octanol–water partition coefficient (Wildman–Crippen LogP) is 4.19. The van der Waals surface area contributed by atoms with Gasteiger partial charge in [-0.3, -0.25) is 4.79 Å². The lowest BCUT2D eigenvalue weighted by molar-refractivity contribution is -0.121. The molecule has 0 aromatic carbocycles.